The molecule has 19 heavy (non-hydrogen) atoms. The van der Waals surface area contributed by atoms with E-state index in [1.807, 2.05) is 31.2 Å². The second-order valence-electron chi connectivity index (χ2n) is 5.21. The van der Waals surface area contributed by atoms with Gasteiger partial charge in [0.1, 0.15) is 5.75 Å². The fourth-order valence-electron chi connectivity index (χ4n) is 2.54. The van der Waals surface area contributed by atoms with Crippen molar-refractivity contribution < 1.29 is 9.53 Å². The number of para-hydroxylation sites is 1. The van der Waals surface area contributed by atoms with E-state index in [2.05, 4.69) is 12.2 Å². The van der Waals surface area contributed by atoms with Crippen molar-refractivity contribution in [2.75, 3.05) is 0 Å². The van der Waals surface area contributed by atoms with Crippen molar-refractivity contribution in [3.8, 4) is 5.75 Å². The Morgan fingerprint density at radius 3 is 2.74 bits per heavy atom. The number of aryl methyl sites for hydroxylation is 1. The number of hydrogen-bond acceptors (Lipinski definition) is 2. The maximum Gasteiger partial charge on any atom is 0.260 e. The molecular weight excluding hydrogens is 238 g/mol. The standard InChI is InChI=1S/C16H23NO2/c1-3-13-8-4-7-11-15(13)19-12(2)16(18)17-14-9-5-6-10-14/h4,7-8,11-12,14H,3,5-6,9-10H2,1-2H3,(H,17,18). The molecule has 0 bridgehead atoms. The van der Waals surface area contributed by atoms with Gasteiger partial charge in [-0.1, -0.05) is 38.0 Å². The first-order chi connectivity index (χ1) is 9.20. The van der Waals surface area contributed by atoms with Crippen molar-refractivity contribution in [2.24, 2.45) is 0 Å². The Kier molecular flexibility index (Phi) is 4.83. The van der Waals surface area contributed by atoms with Gasteiger partial charge in [-0.2, -0.15) is 0 Å². The van der Waals surface area contributed by atoms with Crippen molar-refractivity contribution >= 4 is 5.91 Å². The number of carbonyl (C=O) groups is 1. The van der Waals surface area contributed by atoms with Gasteiger partial charge in [0, 0.05) is 6.04 Å². The minimum absolute atomic E-state index is 0.00203. The molecule has 0 heterocycles. The van der Waals surface area contributed by atoms with Gasteiger partial charge in [0.05, 0.1) is 0 Å². The Hall–Kier alpha value is -1.51. The smallest absolute Gasteiger partial charge is 0.260 e. The highest BCUT2D eigenvalue weighted by atomic mass is 16.5. The lowest BCUT2D eigenvalue weighted by Gasteiger charge is -2.19. The van der Waals surface area contributed by atoms with Gasteiger partial charge >= 0.3 is 0 Å². The molecule has 3 nitrogen and oxygen atoms in total. The molecule has 1 amide bonds. The SMILES string of the molecule is CCc1ccccc1OC(C)C(=O)NC1CCCC1. The van der Waals surface area contributed by atoms with E-state index < -0.39 is 6.10 Å². The third-order valence-electron chi connectivity index (χ3n) is 3.73. The van der Waals surface area contributed by atoms with Gasteiger partial charge in [-0.05, 0) is 37.8 Å². The highest BCUT2D eigenvalue weighted by Gasteiger charge is 2.21. The highest BCUT2D eigenvalue weighted by Crippen LogP contribution is 2.21. The minimum Gasteiger partial charge on any atom is -0.481 e. The molecular formula is C16H23NO2. The van der Waals surface area contributed by atoms with Crippen molar-refractivity contribution in [3.05, 3.63) is 29.8 Å². The lowest BCUT2D eigenvalue weighted by Crippen LogP contribution is -2.41. The van der Waals surface area contributed by atoms with Gasteiger partial charge in [-0.15, -0.1) is 0 Å². The number of amides is 1. The van der Waals surface area contributed by atoms with Crippen LogP contribution in [0.4, 0.5) is 0 Å². The van der Waals surface area contributed by atoms with Crippen LogP contribution in [0.15, 0.2) is 24.3 Å². The molecule has 1 saturated carbocycles. The van der Waals surface area contributed by atoms with E-state index in [4.69, 9.17) is 4.74 Å². The third kappa shape index (κ3) is 3.72. The molecule has 1 aromatic carbocycles. The molecule has 104 valence electrons. The summed E-state index contributed by atoms with van der Waals surface area (Å²) in [5.41, 5.74) is 1.14. The Morgan fingerprint density at radius 1 is 1.37 bits per heavy atom. The van der Waals surface area contributed by atoms with Crippen LogP contribution in [0.25, 0.3) is 0 Å². The average Bonchev–Trinajstić information content (AvgIpc) is 2.92. The molecule has 1 unspecified atom stereocenters. The predicted octanol–water partition coefficient (Wildman–Crippen LogP) is 3.08. The van der Waals surface area contributed by atoms with Gasteiger partial charge in [-0.25, -0.2) is 0 Å². The quantitative estimate of drug-likeness (QED) is 0.884. The second-order valence-corrected chi connectivity index (χ2v) is 5.21. The summed E-state index contributed by atoms with van der Waals surface area (Å²) < 4.78 is 5.80. The van der Waals surface area contributed by atoms with Crippen LogP contribution in [0.1, 0.15) is 45.1 Å². The second kappa shape index (κ2) is 6.60. The Bertz CT molecular complexity index is 425. The maximum absolute atomic E-state index is 12.1. The van der Waals surface area contributed by atoms with Crippen molar-refractivity contribution in [1.82, 2.24) is 5.32 Å². The predicted molar refractivity (Wildman–Crippen MR) is 76.3 cm³/mol. The molecule has 0 spiro atoms. The van der Waals surface area contributed by atoms with Crippen LogP contribution in [0.3, 0.4) is 0 Å². The summed E-state index contributed by atoms with van der Waals surface area (Å²) in [6.07, 6.45) is 5.12. The first-order valence-corrected chi connectivity index (χ1v) is 7.25. The molecule has 1 aromatic rings. The largest absolute Gasteiger partial charge is 0.481 e. The molecule has 0 aromatic heterocycles. The van der Waals surface area contributed by atoms with Crippen LogP contribution in [-0.2, 0) is 11.2 Å². The van der Waals surface area contributed by atoms with E-state index in [9.17, 15) is 4.79 Å². The maximum atomic E-state index is 12.1. The number of benzene rings is 1. The van der Waals surface area contributed by atoms with Crippen molar-refractivity contribution in [1.29, 1.82) is 0 Å². The number of hydrogen-bond donors (Lipinski definition) is 1. The van der Waals surface area contributed by atoms with Gasteiger partial charge < -0.3 is 10.1 Å². The average molecular weight is 261 g/mol. The van der Waals surface area contributed by atoms with E-state index in [0.29, 0.717) is 6.04 Å². The summed E-state index contributed by atoms with van der Waals surface area (Å²) in [4.78, 5) is 12.1. The summed E-state index contributed by atoms with van der Waals surface area (Å²) in [5, 5.41) is 3.07. The number of ether oxygens (including phenoxy) is 1. The molecule has 1 fully saturated rings. The Balaban J connectivity index is 1.92. The van der Waals surface area contributed by atoms with Crippen LogP contribution in [-0.4, -0.2) is 18.1 Å². The fraction of sp³-hybridized carbons (Fsp3) is 0.562. The summed E-state index contributed by atoms with van der Waals surface area (Å²) in [6, 6.07) is 8.25. The summed E-state index contributed by atoms with van der Waals surface area (Å²) in [5.74, 6) is 0.817. The van der Waals surface area contributed by atoms with Crippen LogP contribution in [0.2, 0.25) is 0 Å². The minimum atomic E-state index is -0.437. The topological polar surface area (TPSA) is 38.3 Å². The molecule has 3 heteroatoms. The fourth-order valence-corrected chi connectivity index (χ4v) is 2.54. The number of nitrogens with one attached hydrogen (secondary N) is 1. The molecule has 1 aliphatic rings. The highest BCUT2D eigenvalue weighted by molar-refractivity contribution is 5.81. The third-order valence-corrected chi connectivity index (χ3v) is 3.73. The molecule has 1 aliphatic carbocycles. The van der Waals surface area contributed by atoms with E-state index in [1.54, 1.807) is 0 Å². The van der Waals surface area contributed by atoms with E-state index in [0.717, 1.165) is 30.6 Å². The van der Waals surface area contributed by atoms with Crippen molar-refractivity contribution in [2.45, 2.75) is 58.1 Å². The van der Waals surface area contributed by atoms with Gasteiger partial charge in [0.15, 0.2) is 6.10 Å². The summed E-state index contributed by atoms with van der Waals surface area (Å²) >= 11 is 0. The first kappa shape index (κ1) is 13.9. The number of rotatable bonds is 5. The zero-order chi connectivity index (χ0) is 13.7. The summed E-state index contributed by atoms with van der Waals surface area (Å²) in [6.45, 7) is 3.90. The van der Waals surface area contributed by atoms with E-state index in [1.165, 1.54) is 12.8 Å². The van der Waals surface area contributed by atoms with E-state index in [-0.39, 0.29) is 5.91 Å². The lowest BCUT2D eigenvalue weighted by atomic mass is 10.1. The Morgan fingerprint density at radius 2 is 2.05 bits per heavy atom. The van der Waals surface area contributed by atoms with Gasteiger partial charge in [0.2, 0.25) is 0 Å². The molecule has 0 saturated heterocycles. The lowest BCUT2D eigenvalue weighted by molar-refractivity contribution is -0.127. The zero-order valence-electron chi connectivity index (χ0n) is 11.8. The zero-order valence-corrected chi connectivity index (χ0v) is 11.8. The van der Waals surface area contributed by atoms with E-state index >= 15 is 0 Å². The monoisotopic (exact) mass is 261 g/mol. The normalized spacial score (nSPS) is 17.2. The van der Waals surface area contributed by atoms with Crippen LogP contribution < -0.4 is 10.1 Å². The van der Waals surface area contributed by atoms with Crippen LogP contribution in [0.5, 0.6) is 5.75 Å². The molecule has 0 radical (unpaired) electrons. The van der Waals surface area contributed by atoms with Crippen LogP contribution >= 0.6 is 0 Å². The molecule has 1 atom stereocenters. The van der Waals surface area contributed by atoms with Gasteiger partial charge in [-0.3, -0.25) is 4.79 Å². The summed E-state index contributed by atoms with van der Waals surface area (Å²) in [7, 11) is 0. The molecule has 2 rings (SSSR count). The number of carbonyl (C=O) groups excluding carboxylic acids is 1. The Labute approximate surface area is 115 Å². The van der Waals surface area contributed by atoms with Gasteiger partial charge in [0.25, 0.3) is 5.91 Å². The van der Waals surface area contributed by atoms with Crippen molar-refractivity contribution in [3.63, 3.8) is 0 Å². The first-order valence-electron chi connectivity index (χ1n) is 7.25. The molecule has 0 aliphatic heterocycles. The molecule has 1 N–H and O–H groups in total. The van der Waals surface area contributed by atoms with Crippen LogP contribution in [0, 0.1) is 0 Å².